The Labute approximate surface area is 140 Å². The smallest absolute Gasteiger partial charge is 0.162 e. The van der Waals surface area contributed by atoms with Crippen LogP contribution in [0.3, 0.4) is 0 Å². The molecule has 0 amide bonds. The number of aromatic nitrogens is 1. The normalized spacial score (nSPS) is 13.3. The molecule has 0 radical (unpaired) electrons. The summed E-state index contributed by atoms with van der Waals surface area (Å²) >= 11 is 5.17. The molecule has 0 fully saturated rings. The third-order valence-corrected chi connectivity index (χ3v) is 5.87. The van der Waals surface area contributed by atoms with E-state index in [4.69, 9.17) is 14.5 Å². The molecule has 6 heteroatoms. The predicted molar refractivity (Wildman–Crippen MR) is 92.4 cm³/mol. The van der Waals surface area contributed by atoms with E-state index in [1.54, 1.807) is 34.4 Å². The molecule has 0 saturated carbocycles. The van der Waals surface area contributed by atoms with Gasteiger partial charge in [0, 0.05) is 27.0 Å². The second-order valence-electron chi connectivity index (χ2n) is 4.75. The van der Waals surface area contributed by atoms with Crippen molar-refractivity contribution in [2.24, 2.45) is 0 Å². The molecule has 22 heavy (non-hydrogen) atoms. The maximum atomic E-state index is 5.62. The zero-order chi connectivity index (χ0) is 14.8. The van der Waals surface area contributed by atoms with E-state index in [2.05, 4.69) is 28.3 Å². The van der Waals surface area contributed by atoms with E-state index in [0.29, 0.717) is 13.2 Å². The lowest BCUT2D eigenvalue weighted by atomic mass is 10.3. The summed E-state index contributed by atoms with van der Waals surface area (Å²) in [7, 11) is 0. The molecule has 1 aliphatic rings. The maximum Gasteiger partial charge on any atom is 0.162 e. The first-order valence-corrected chi connectivity index (χ1v) is 9.69. The molecule has 3 nitrogen and oxygen atoms in total. The van der Waals surface area contributed by atoms with E-state index in [1.165, 1.54) is 10.5 Å². The molecule has 0 spiro atoms. The van der Waals surface area contributed by atoms with Crippen molar-refractivity contribution in [2.75, 3.05) is 13.2 Å². The van der Waals surface area contributed by atoms with Crippen LogP contribution in [0, 0.1) is 0 Å². The first-order chi connectivity index (χ1) is 10.9. The van der Waals surface area contributed by atoms with Crippen molar-refractivity contribution in [3.63, 3.8) is 0 Å². The molecule has 3 heterocycles. The largest absolute Gasteiger partial charge is 0.486 e. The number of nitrogens with zero attached hydrogens (tertiary/aromatic N) is 1. The Morgan fingerprint density at radius 1 is 1.09 bits per heavy atom. The van der Waals surface area contributed by atoms with Crippen LogP contribution in [0.1, 0.15) is 5.69 Å². The van der Waals surface area contributed by atoms with Crippen LogP contribution in [0.2, 0.25) is 0 Å². The van der Waals surface area contributed by atoms with Crippen molar-refractivity contribution in [2.45, 2.75) is 10.6 Å². The van der Waals surface area contributed by atoms with Gasteiger partial charge in [0.25, 0.3) is 0 Å². The van der Waals surface area contributed by atoms with Crippen molar-refractivity contribution < 1.29 is 9.47 Å². The number of thiophene rings is 1. The third-order valence-electron chi connectivity index (χ3n) is 3.22. The fourth-order valence-electron chi connectivity index (χ4n) is 2.16. The summed E-state index contributed by atoms with van der Waals surface area (Å²) in [5, 5.41) is 7.45. The van der Waals surface area contributed by atoms with Crippen LogP contribution in [-0.2, 0) is 5.75 Å². The Bertz CT molecular complexity index is 768. The first-order valence-electron chi connectivity index (χ1n) is 6.88. The SMILES string of the molecule is c1cc(-c2nc(CSc3ccc4c(c3)OCCO4)cs2)cs1. The molecule has 0 N–H and O–H groups in total. The number of hydrogen-bond acceptors (Lipinski definition) is 6. The summed E-state index contributed by atoms with van der Waals surface area (Å²) in [5.74, 6) is 2.54. The maximum absolute atomic E-state index is 5.62. The van der Waals surface area contributed by atoms with Crippen molar-refractivity contribution in [1.29, 1.82) is 0 Å². The van der Waals surface area contributed by atoms with Crippen LogP contribution in [0.15, 0.2) is 45.3 Å². The lowest BCUT2D eigenvalue weighted by molar-refractivity contribution is 0.171. The highest BCUT2D eigenvalue weighted by atomic mass is 32.2. The molecular weight excluding hydrogens is 334 g/mol. The molecule has 1 aromatic carbocycles. The average Bonchev–Trinajstić information content (AvgIpc) is 3.24. The van der Waals surface area contributed by atoms with Gasteiger partial charge in [0.1, 0.15) is 18.2 Å². The summed E-state index contributed by atoms with van der Waals surface area (Å²) in [4.78, 5) is 5.88. The Kier molecular flexibility index (Phi) is 4.05. The number of thioether (sulfide) groups is 1. The van der Waals surface area contributed by atoms with Gasteiger partial charge in [-0.3, -0.25) is 0 Å². The molecular formula is C16H13NO2S3. The van der Waals surface area contributed by atoms with Crippen LogP contribution in [0.5, 0.6) is 11.5 Å². The number of benzene rings is 1. The summed E-state index contributed by atoms with van der Waals surface area (Å²) in [6.45, 7) is 1.25. The van der Waals surface area contributed by atoms with Gasteiger partial charge >= 0.3 is 0 Å². The standard InChI is InChI=1S/C16H13NO2S3/c1-2-14-15(19-5-4-18-14)7-13(1)21-9-12-10-22-16(17-12)11-3-6-20-8-11/h1-3,6-8,10H,4-5,9H2. The van der Waals surface area contributed by atoms with Crippen molar-refractivity contribution in [3.05, 3.63) is 46.1 Å². The highest BCUT2D eigenvalue weighted by Gasteiger charge is 2.12. The van der Waals surface area contributed by atoms with Gasteiger partial charge in [0.2, 0.25) is 0 Å². The predicted octanol–water partition coefficient (Wildman–Crippen LogP) is 4.94. The Morgan fingerprint density at radius 2 is 2.00 bits per heavy atom. The fourth-order valence-corrected chi connectivity index (χ4v) is 4.62. The van der Waals surface area contributed by atoms with Crippen LogP contribution in [0.25, 0.3) is 10.6 Å². The summed E-state index contributed by atoms with van der Waals surface area (Å²) < 4.78 is 11.2. The zero-order valence-corrected chi connectivity index (χ0v) is 14.1. The first kappa shape index (κ1) is 14.1. The molecule has 112 valence electrons. The molecule has 4 rings (SSSR count). The van der Waals surface area contributed by atoms with Gasteiger partial charge < -0.3 is 9.47 Å². The van der Waals surface area contributed by atoms with Crippen molar-refractivity contribution in [1.82, 2.24) is 4.98 Å². The fraction of sp³-hybridized carbons (Fsp3) is 0.188. The number of fused-ring (bicyclic) bond motifs is 1. The summed E-state index contributed by atoms with van der Waals surface area (Å²) in [5.41, 5.74) is 2.33. The number of ether oxygens (including phenoxy) is 2. The number of hydrogen-bond donors (Lipinski definition) is 0. The minimum atomic E-state index is 0.622. The molecule has 0 unspecified atom stereocenters. The molecule has 1 aliphatic heterocycles. The summed E-state index contributed by atoms with van der Waals surface area (Å²) in [6.07, 6.45) is 0. The second kappa shape index (κ2) is 6.32. The lowest BCUT2D eigenvalue weighted by Crippen LogP contribution is -2.15. The monoisotopic (exact) mass is 347 g/mol. The highest BCUT2D eigenvalue weighted by Crippen LogP contribution is 2.35. The Hall–Kier alpha value is -1.50. The summed E-state index contributed by atoms with van der Waals surface area (Å²) in [6, 6.07) is 8.21. The molecule has 0 saturated heterocycles. The topological polar surface area (TPSA) is 31.4 Å². The molecule has 0 atom stereocenters. The Balaban J connectivity index is 1.44. The molecule has 0 bridgehead atoms. The van der Waals surface area contributed by atoms with E-state index in [9.17, 15) is 0 Å². The van der Waals surface area contributed by atoms with E-state index in [-0.39, 0.29) is 0 Å². The lowest BCUT2D eigenvalue weighted by Gasteiger charge is -2.18. The van der Waals surface area contributed by atoms with Gasteiger partial charge in [0.15, 0.2) is 11.5 Å². The van der Waals surface area contributed by atoms with E-state index < -0.39 is 0 Å². The van der Waals surface area contributed by atoms with Gasteiger partial charge in [-0.25, -0.2) is 4.98 Å². The quantitative estimate of drug-likeness (QED) is 0.626. The minimum absolute atomic E-state index is 0.622. The van der Waals surface area contributed by atoms with E-state index in [0.717, 1.165) is 28.0 Å². The molecule has 2 aromatic heterocycles. The highest BCUT2D eigenvalue weighted by molar-refractivity contribution is 7.98. The van der Waals surface area contributed by atoms with E-state index >= 15 is 0 Å². The van der Waals surface area contributed by atoms with Gasteiger partial charge in [-0.15, -0.1) is 23.1 Å². The van der Waals surface area contributed by atoms with Crippen LogP contribution in [0.4, 0.5) is 0 Å². The van der Waals surface area contributed by atoms with E-state index in [1.807, 2.05) is 12.1 Å². The minimum Gasteiger partial charge on any atom is -0.486 e. The zero-order valence-electron chi connectivity index (χ0n) is 11.7. The molecule has 0 aliphatic carbocycles. The van der Waals surface area contributed by atoms with Gasteiger partial charge in [-0.2, -0.15) is 11.3 Å². The van der Waals surface area contributed by atoms with Crippen molar-refractivity contribution >= 4 is 34.4 Å². The van der Waals surface area contributed by atoms with Crippen LogP contribution in [-0.4, -0.2) is 18.2 Å². The van der Waals surface area contributed by atoms with Crippen molar-refractivity contribution in [3.8, 4) is 22.1 Å². The Morgan fingerprint density at radius 3 is 2.86 bits per heavy atom. The van der Waals surface area contributed by atoms with Gasteiger partial charge in [-0.1, -0.05) is 0 Å². The van der Waals surface area contributed by atoms with Gasteiger partial charge in [0.05, 0.1) is 5.69 Å². The number of thiazole rings is 1. The number of rotatable bonds is 4. The second-order valence-corrected chi connectivity index (χ2v) is 7.44. The molecule has 3 aromatic rings. The average molecular weight is 347 g/mol. The van der Waals surface area contributed by atoms with Gasteiger partial charge in [-0.05, 0) is 29.6 Å². The third kappa shape index (κ3) is 2.99. The van der Waals surface area contributed by atoms with Crippen LogP contribution >= 0.6 is 34.4 Å². The van der Waals surface area contributed by atoms with Crippen LogP contribution < -0.4 is 9.47 Å².